The average Bonchev–Trinajstić information content (AvgIpc) is 2.46. The molecule has 0 spiro atoms. The molecular formula is C14H14NO4P. The molecule has 0 aromatic heterocycles. The lowest BCUT2D eigenvalue weighted by Crippen LogP contribution is -2.19. The molecule has 0 aliphatic carbocycles. The van der Waals surface area contributed by atoms with Crippen molar-refractivity contribution in [2.24, 2.45) is 0 Å². The van der Waals surface area contributed by atoms with Crippen LogP contribution in [0.15, 0.2) is 60.7 Å². The molecular weight excluding hydrogens is 277 g/mol. The molecule has 2 aromatic carbocycles. The quantitative estimate of drug-likeness (QED) is 0.521. The van der Waals surface area contributed by atoms with Crippen LogP contribution in [0.5, 0.6) is 0 Å². The fourth-order valence-corrected chi connectivity index (χ4v) is 3.63. The first-order valence-corrected chi connectivity index (χ1v) is 7.91. The molecule has 1 N–H and O–H groups in total. The Morgan fingerprint density at radius 3 is 2.05 bits per heavy atom. The molecule has 0 aliphatic heterocycles. The normalized spacial score (nSPS) is 15.2. The first-order chi connectivity index (χ1) is 9.50. The van der Waals surface area contributed by atoms with Crippen molar-refractivity contribution in [2.75, 3.05) is 6.16 Å². The number of rotatable bonds is 5. The van der Waals surface area contributed by atoms with E-state index in [9.17, 15) is 19.6 Å². The second kappa shape index (κ2) is 5.99. The standard InChI is InChI=1S/C14H14NO4P/c16-15(17)14(12-7-3-1-4-8-12)11-20(18,19)13-9-5-2-6-10-13/h1-10,14H,11H2,(H,18,19). The van der Waals surface area contributed by atoms with Crippen molar-refractivity contribution < 1.29 is 14.4 Å². The second-order valence-corrected chi connectivity index (χ2v) is 6.72. The van der Waals surface area contributed by atoms with E-state index < -0.39 is 24.5 Å². The lowest BCUT2D eigenvalue weighted by atomic mass is 10.1. The van der Waals surface area contributed by atoms with Crippen LogP contribution in [0, 0.1) is 10.1 Å². The maximum Gasteiger partial charge on any atom is 0.247 e. The van der Waals surface area contributed by atoms with E-state index in [0.717, 1.165) is 0 Å². The number of hydrogen-bond acceptors (Lipinski definition) is 3. The topological polar surface area (TPSA) is 80.4 Å². The lowest BCUT2D eigenvalue weighted by molar-refractivity contribution is -0.523. The summed E-state index contributed by atoms with van der Waals surface area (Å²) in [4.78, 5) is 20.8. The minimum atomic E-state index is -3.76. The highest BCUT2D eigenvalue weighted by atomic mass is 31.2. The van der Waals surface area contributed by atoms with Crippen molar-refractivity contribution in [1.82, 2.24) is 0 Å². The Labute approximate surface area is 116 Å². The van der Waals surface area contributed by atoms with Crippen LogP contribution in [-0.2, 0) is 4.57 Å². The van der Waals surface area contributed by atoms with E-state index in [1.54, 1.807) is 48.5 Å². The van der Waals surface area contributed by atoms with E-state index in [1.165, 1.54) is 12.1 Å². The molecule has 2 unspecified atom stereocenters. The Hall–Kier alpha value is -1.97. The molecule has 5 nitrogen and oxygen atoms in total. The molecule has 0 saturated carbocycles. The molecule has 0 aliphatic rings. The minimum Gasteiger partial charge on any atom is -0.341 e. The fraction of sp³-hybridized carbons (Fsp3) is 0.143. The van der Waals surface area contributed by atoms with Gasteiger partial charge in [-0.2, -0.15) is 0 Å². The van der Waals surface area contributed by atoms with Crippen LogP contribution >= 0.6 is 7.37 Å². The van der Waals surface area contributed by atoms with Gasteiger partial charge in [0.15, 0.2) is 0 Å². The Bertz CT molecular complexity index is 630. The minimum absolute atomic E-state index is 0.239. The summed E-state index contributed by atoms with van der Waals surface area (Å²) in [5.41, 5.74) is 0.433. The summed E-state index contributed by atoms with van der Waals surface area (Å²) in [6.07, 6.45) is -0.409. The zero-order valence-electron chi connectivity index (χ0n) is 10.6. The molecule has 2 aromatic rings. The number of benzene rings is 2. The lowest BCUT2D eigenvalue weighted by Gasteiger charge is -2.15. The summed E-state index contributed by atoms with van der Waals surface area (Å²) in [5, 5.41) is 11.4. The predicted molar refractivity (Wildman–Crippen MR) is 76.9 cm³/mol. The number of hydrogen-bond donors (Lipinski definition) is 1. The molecule has 0 bridgehead atoms. The van der Waals surface area contributed by atoms with Gasteiger partial charge in [0.05, 0.1) is 0 Å². The summed E-state index contributed by atoms with van der Waals surface area (Å²) in [7, 11) is -3.76. The summed E-state index contributed by atoms with van der Waals surface area (Å²) >= 11 is 0. The van der Waals surface area contributed by atoms with Gasteiger partial charge >= 0.3 is 0 Å². The smallest absolute Gasteiger partial charge is 0.247 e. The second-order valence-electron chi connectivity index (χ2n) is 4.43. The van der Waals surface area contributed by atoms with Gasteiger partial charge in [-0.25, -0.2) is 0 Å². The predicted octanol–water partition coefficient (Wildman–Crippen LogP) is 2.60. The largest absolute Gasteiger partial charge is 0.341 e. The van der Waals surface area contributed by atoms with Crippen LogP contribution in [0.2, 0.25) is 0 Å². The fourth-order valence-electron chi connectivity index (χ4n) is 1.97. The van der Waals surface area contributed by atoms with Crippen LogP contribution in [0.1, 0.15) is 11.6 Å². The van der Waals surface area contributed by atoms with Crippen molar-refractivity contribution in [1.29, 1.82) is 0 Å². The Balaban J connectivity index is 2.30. The van der Waals surface area contributed by atoms with Crippen molar-refractivity contribution in [3.05, 3.63) is 76.3 Å². The molecule has 6 heteroatoms. The van der Waals surface area contributed by atoms with Crippen molar-refractivity contribution in [3.63, 3.8) is 0 Å². The molecule has 0 saturated heterocycles. The van der Waals surface area contributed by atoms with Gasteiger partial charge in [0.1, 0.15) is 6.16 Å². The monoisotopic (exact) mass is 291 g/mol. The van der Waals surface area contributed by atoms with Crippen LogP contribution in [-0.4, -0.2) is 16.0 Å². The third-order valence-electron chi connectivity index (χ3n) is 3.02. The summed E-state index contributed by atoms with van der Waals surface area (Å²) in [6, 6.07) is 15.1. The highest BCUT2D eigenvalue weighted by Crippen LogP contribution is 2.43. The maximum absolute atomic E-state index is 12.4. The third-order valence-corrected chi connectivity index (χ3v) is 4.96. The van der Waals surface area contributed by atoms with E-state index >= 15 is 0 Å². The summed E-state index contributed by atoms with van der Waals surface area (Å²) in [6.45, 7) is 0. The molecule has 2 rings (SSSR count). The molecule has 0 fully saturated rings. The van der Waals surface area contributed by atoms with Gasteiger partial charge in [0.2, 0.25) is 13.4 Å². The molecule has 104 valence electrons. The Morgan fingerprint density at radius 2 is 1.55 bits per heavy atom. The first kappa shape index (κ1) is 14.4. The van der Waals surface area contributed by atoms with E-state index in [2.05, 4.69) is 0 Å². The van der Waals surface area contributed by atoms with Gasteiger partial charge in [-0.05, 0) is 12.1 Å². The highest BCUT2D eigenvalue weighted by Gasteiger charge is 2.34. The van der Waals surface area contributed by atoms with E-state index in [1.807, 2.05) is 0 Å². The molecule has 0 heterocycles. The maximum atomic E-state index is 12.4. The van der Waals surface area contributed by atoms with Crippen molar-refractivity contribution in [3.8, 4) is 0 Å². The Morgan fingerprint density at radius 1 is 1.05 bits per heavy atom. The summed E-state index contributed by atoms with van der Waals surface area (Å²) < 4.78 is 12.4. The number of nitrogens with zero attached hydrogens (tertiary/aromatic N) is 1. The van der Waals surface area contributed by atoms with Crippen molar-refractivity contribution >= 4 is 12.7 Å². The van der Waals surface area contributed by atoms with Crippen LogP contribution in [0.3, 0.4) is 0 Å². The SMILES string of the molecule is O=[N+]([O-])C(CP(=O)(O)c1ccccc1)c1ccccc1. The van der Waals surface area contributed by atoms with Crippen LogP contribution < -0.4 is 5.30 Å². The van der Waals surface area contributed by atoms with Gasteiger partial charge in [0.25, 0.3) is 0 Å². The Kier molecular flexibility index (Phi) is 4.32. The average molecular weight is 291 g/mol. The highest BCUT2D eigenvalue weighted by molar-refractivity contribution is 7.66. The molecule has 20 heavy (non-hydrogen) atoms. The molecule has 2 atom stereocenters. The van der Waals surface area contributed by atoms with E-state index in [4.69, 9.17) is 0 Å². The molecule has 0 amide bonds. The zero-order chi connectivity index (χ0) is 14.6. The third kappa shape index (κ3) is 3.32. The van der Waals surface area contributed by atoms with Crippen molar-refractivity contribution in [2.45, 2.75) is 6.04 Å². The van der Waals surface area contributed by atoms with E-state index in [-0.39, 0.29) is 5.30 Å². The van der Waals surface area contributed by atoms with Gasteiger partial charge in [-0.3, -0.25) is 14.7 Å². The van der Waals surface area contributed by atoms with Gasteiger partial charge in [0, 0.05) is 15.8 Å². The number of nitro groups is 1. The van der Waals surface area contributed by atoms with Crippen LogP contribution in [0.4, 0.5) is 0 Å². The first-order valence-electron chi connectivity index (χ1n) is 6.06. The van der Waals surface area contributed by atoms with Gasteiger partial charge in [-0.15, -0.1) is 0 Å². The van der Waals surface area contributed by atoms with Gasteiger partial charge in [-0.1, -0.05) is 48.5 Å². The van der Waals surface area contributed by atoms with Crippen LogP contribution in [0.25, 0.3) is 0 Å². The van der Waals surface area contributed by atoms with Gasteiger partial charge < -0.3 is 4.89 Å². The zero-order valence-corrected chi connectivity index (χ0v) is 11.5. The molecule has 0 radical (unpaired) electrons. The van der Waals surface area contributed by atoms with E-state index in [0.29, 0.717) is 5.56 Å². The summed E-state index contributed by atoms with van der Waals surface area (Å²) in [5.74, 6) is 0.